The quantitative estimate of drug-likeness (QED) is 0.140. The van der Waals surface area contributed by atoms with Crippen molar-refractivity contribution in [1.82, 2.24) is 28.9 Å². The van der Waals surface area contributed by atoms with E-state index in [0.29, 0.717) is 66.4 Å². The number of nitrogens with zero attached hydrogens (tertiary/aromatic N) is 6. The molecule has 4 aromatic carbocycles. The van der Waals surface area contributed by atoms with Crippen molar-refractivity contribution in [2.24, 2.45) is 0 Å². The van der Waals surface area contributed by atoms with E-state index in [0.717, 1.165) is 28.5 Å². The number of methoxy groups -OCH3 is 1. The monoisotopic (exact) mass is 742 g/mol. The first-order valence-electron chi connectivity index (χ1n) is 18.2. The maximum atomic E-state index is 15.3. The van der Waals surface area contributed by atoms with Crippen molar-refractivity contribution in [1.29, 1.82) is 0 Å². The second-order valence-electron chi connectivity index (χ2n) is 14.5. The van der Waals surface area contributed by atoms with Crippen LogP contribution >= 0.6 is 0 Å². The van der Waals surface area contributed by atoms with Crippen LogP contribution in [0.1, 0.15) is 42.2 Å². The van der Waals surface area contributed by atoms with Crippen LogP contribution in [0.3, 0.4) is 0 Å². The van der Waals surface area contributed by atoms with Gasteiger partial charge in [-0.25, -0.2) is 18.7 Å². The lowest BCUT2D eigenvalue weighted by Crippen LogP contribution is -2.51. The molecule has 4 heterocycles. The molecule has 0 spiro atoms. The largest absolute Gasteiger partial charge is 0.497 e. The highest BCUT2D eigenvalue weighted by Gasteiger charge is 2.40. The van der Waals surface area contributed by atoms with E-state index in [2.05, 4.69) is 0 Å². The van der Waals surface area contributed by atoms with Crippen molar-refractivity contribution in [3.8, 4) is 34.0 Å². The smallest absolute Gasteiger partial charge is 0.248 e. The molecule has 0 radical (unpaired) electrons. The molecule has 10 nitrogen and oxygen atoms in total. The highest BCUT2D eigenvalue weighted by Crippen LogP contribution is 2.32. The van der Waals surface area contributed by atoms with Crippen LogP contribution in [0.2, 0.25) is 0 Å². The van der Waals surface area contributed by atoms with Crippen molar-refractivity contribution in [3.63, 3.8) is 0 Å². The molecule has 6 aromatic rings. The highest BCUT2D eigenvalue weighted by molar-refractivity contribution is 5.85. The van der Waals surface area contributed by atoms with Crippen molar-refractivity contribution >= 4 is 11.8 Å². The van der Waals surface area contributed by atoms with Gasteiger partial charge in [0.15, 0.2) is 0 Å². The number of ether oxygens (including phenoxy) is 2. The van der Waals surface area contributed by atoms with Crippen LogP contribution in [-0.4, -0.2) is 54.4 Å². The molecule has 0 aliphatic carbocycles. The molecule has 0 atom stereocenters. The number of amides is 2. The molecule has 0 fully saturated rings. The third-order valence-electron chi connectivity index (χ3n) is 10.3. The molecule has 55 heavy (non-hydrogen) atoms. The van der Waals surface area contributed by atoms with Crippen LogP contribution in [0.25, 0.3) is 22.5 Å². The predicted octanol–water partition coefficient (Wildman–Crippen LogP) is 7.14. The van der Waals surface area contributed by atoms with Crippen LogP contribution in [0.4, 0.5) is 8.78 Å². The number of aromatic nitrogens is 4. The van der Waals surface area contributed by atoms with Gasteiger partial charge in [-0.2, -0.15) is 0 Å². The molecule has 2 aliphatic rings. The van der Waals surface area contributed by atoms with Gasteiger partial charge in [0, 0.05) is 43.0 Å². The first-order chi connectivity index (χ1) is 26.5. The fraction of sp³-hybridized carbons (Fsp3) is 0.256. The summed E-state index contributed by atoms with van der Waals surface area (Å²) in [7, 11) is 1.62. The Bertz CT molecular complexity index is 2390. The van der Waals surface area contributed by atoms with Gasteiger partial charge in [-0.1, -0.05) is 48.5 Å². The average molecular weight is 743 g/mol. The zero-order valence-corrected chi connectivity index (χ0v) is 30.8. The Morgan fingerprint density at radius 1 is 0.727 bits per heavy atom. The van der Waals surface area contributed by atoms with E-state index in [1.54, 1.807) is 41.3 Å². The van der Waals surface area contributed by atoms with E-state index >= 15 is 4.39 Å². The van der Waals surface area contributed by atoms with Crippen LogP contribution in [0.5, 0.6) is 11.5 Å². The average Bonchev–Trinajstić information content (AvgIpc) is 3.81. The molecule has 2 amide bonds. The zero-order chi connectivity index (χ0) is 38.3. The number of carbonyl (C=O) groups excluding carboxylic acids is 2. The topological polar surface area (TPSA) is 94.7 Å². The van der Waals surface area contributed by atoms with Gasteiger partial charge in [0.1, 0.15) is 46.9 Å². The number of hydrogen-bond donors (Lipinski definition) is 0. The lowest BCUT2D eigenvalue weighted by atomic mass is 9.99. The molecule has 0 N–H and O–H groups in total. The van der Waals surface area contributed by atoms with Gasteiger partial charge in [0.25, 0.3) is 0 Å². The molecular weight excluding hydrogens is 703 g/mol. The number of fused-ring (bicyclic) bond motifs is 2. The summed E-state index contributed by atoms with van der Waals surface area (Å²) in [5.41, 5.74) is 4.13. The SMILES string of the molecule is COc1ccc(CN2Cc3nc(-c4ccc(CCOc5ccc(CN6Cc7nc(-c8cccc(F)c8)cn7C(C)(C)C6=O)cc5)c(F)c4)cn3CC2=O)cc1. The van der Waals surface area contributed by atoms with E-state index < -0.39 is 5.54 Å². The lowest BCUT2D eigenvalue weighted by Gasteiger charge is -2.38. The van der Waals surface area contributed by atoms with E-state index in [-0.39, 0.29) is 36.6 Å². The van der Waals surface area contributed by atoms with Gasteiger partial charge in [-0.3, -0.25) is 9.59 Å². The maximum absolute atomic E-state index is 15.3. The summed E-state index contributed by atoms with van der Waals surface area (Å²) in [4.78, 5) is 39.5. The Morgan fingerprint density at radius 3 is 2.09 bits per heavy atom. The number of imidazole rings is 2. The molecule has 0 unspecified atom stereocenters. The molecule has 2 aliphatic heterocycles. The Hall–Kier alpha value is -6.30. The summed E-state index contributed by atoms with van der Waals surface area (Å²) in [5.74, 6) is 2.16. The molecule has 12 heteroatoms. The molecule has 2 aromatic heterocycles. The van der Waals surface area contributed by atoms with E-state index in [4.69, 9.17) is 19.4 Å². The third kappa shape index (κ3) is 7.31. The van der Waals surface area contributed by atoms with E-state index in [1.807, 2.05) is 83.8 Å². The van der Waals surface area contributed by atoms with Gasteiger partial charge in [-0.15, -0.1) is 0 Å². The summed E-state index contributed by atoms with van der Waals surface area (Å²) in [6.45, 7) is 5.73. The molecule has 0 bridgehead atoms. The minimum atomic E-state index is -0.859. The molecule has 8 rings (SSSR count). The fourth-order valence-electron chi connectivity index (χ4n) is 7.22. The normalized spacial score (nSPS) is 14.9. The maximum Gasteiger partial charge on any atom is 0.248 e. The Labute approximate surface area is 317 Å². The number of benzene rings is 4. The van der Waals surface area contributed by atoms with Gasteiger partial charge in [0.2, 0.25) is 11.8 Å². The van der Waals surface area contributed by atoms with Crippen LogP contribution in [0, 0.1) is 11.6 Å². The second kappa shape index (κ2) is 14.5. The second-order valence-corrected chi connectivity index (χ2v) is 14.5. The Balaban J connectivity index is 0.855. The minimum Gasteiger partial charge on any atom is -0.497 e. The lowest BCUT2D eigenvalue weighted by molar-refractivity contribution is -0.143. The summed E-state index contributed by atoms with van der Waals surface area (Å²) >= 11 is 0. The van der Waals surface area contributed by atoms with Crippen molar-refractivity contribution < 1.29 is 27.8 Å². The van der Waals surface area contributed by atoms with Crippen molar-refractivity contribution in [2.75, 3.05) is 13.7 Å². The summed E-state index contributed by atoms with van der Waals surface area (Å²) in [6, 6.07) is 26.5. The summed E-state index contributed by atoms with van der Waals surface area (Å²) < 4.78 is 44.1. The zero-order valence-electron chi connectivity index (χ0n) is 30.8. The number of hydrogen-bond acceptors (Lipinski definition) is 6. The van der Waals surface area contributed by atoms with Crippen molar-refractivity contribution in [3.05, 3.63) is 143 Å². The molecule has 0 saturated carbocycles. The van der Waals surface area contributed by atoms with E-state index in [9.17, 15) is 14.0 Å². The van der Waals surface area contributed by atoms with E-state index in [1.165, 1.54) is 18.2 Å². The van der Waals surface area contributed by atoms with Gasteiger partial charge in [-0.05, 0) is 73.0 Å². The Morgan fingerprint density at radius 2 is 1.38 bits per heavy atom. The number of rotatable bonds is 11. The highest BCUT2D eigenvalue weighted by atomic mass is 19.1. The number of halogens is 2. The molecule has 0 saturated heterocycles. The van der Waals surface area contributed by atoms with Gasteiger partial charge >= 0.3 is 0 Å². The molecule has 280 valence electrons. The van der Waals surface area contributed by atoms with Crippen molar-refractivity contribution in [2.45, 2.75) is 58.5 Å². The van der Waals surface area contributed by atoms with Gasteiger partial charge < -0.3 is 28.4 Å². The Kier molecular flexibility index (Phi) is 9.42. The summed E-state index contributed by atoms with van der Waals surface area (Å²) in [5, 5.41) is 0. The van der Waals surface area contributed by atoms with Crippen LogP contribution < -0.4 is 9.47 Å². The fourth-order valence-corrected chi connectivity index (χ4v) is 7.22. The minimum absolute atomic E-state index is 0.00332. The van der Waals surface area contributed by atoms with Crippen LogP contribution in [0.15, 0.2) is 103 Å². The third-order valence-corrected chi connectivity index (χ3v) is 10.3. The standard InChI is InChI=1S/C43H40F2N6O4/c1-43(2)42(53)50(26-40-47-38(24-51(40)43)31-5-4-6-33(44)19-31)22-29-9-15-35(16-10-29)55-18-17-30-11-12-32(20-36(30)45)37-23-48-27-41(52)49(25-39(48)46-37)21-28-7-13-34(54-3)14-8-28/h4-16,19-20,23-24H,17-18,21-22,25-27H2,1-3H3. The van der Waals surface area contributed by atoms with Gasteiger partial charge in [0.05, 0.1) is 38.2 Å². The molecular formula is C43H40F2N6O4. The van der Waals surface area contributed by atoms with Crippen LogP contribution in [-0.2, 0) is 54.3 Å². The first kappa shape index (κ1) is 35.7. The summed E-state index contributed by atoms with van der Waals surface area (Å²) in [6.07, 6.45) is 3.99. The predicted molar refractivity (Wildman–Crippen MR) is 202 cm³/mol. The first-order valence-corrected chi connectivity index (χ1v) is 18.2. The number of carbonyl (C=O) groups is 2.